The third-order valence-electron chi connectivity index (χ3n) is 3.70. The second-order valence-electron chi connectivity index (χ2n) is 6.01. The molecule has 0 radical (unpaired) electrons. The Morgan fingerprint density at radius 3 is 2.74 bits per heavy atom. The Labute approximate surface area is 153 Å². The highest BCUT2D eigenvalue weighted by Gasteiger charge is 2.22. The minimum absolute atomic E-state index is 0.0805. The lowest BCUT2D eigenvalue weighted by atomic mass is 10.2. The number of aromatic nitrogens is 1. The topological polar surface area (TPSA) is 121 Å². The van der Waals surface area contributed by atoms with Crippen LogP contribution >= 0.6 is 0 Å². The van der Waals surface area contributed by atoms with E-state index in [-0.39, 0.29) is 5.69 Å². The van der Waals surface area contributed by atoms with E-state index in [1.807, 2.05) is 0 Å². The van der Waals surface area contributed by atoms with E-state index in [0.29, 0.717) is 16.8 Å². The molecule has 1 heterocycles. The fraction of sp³-hybridized carbons (Fsp3) is 0.176. The van der Waals surface area contributed by atoms with Crippen LogP contribution in [0, 0.1) is 11.7 Å². The second-order valence-corrected chi connectivity index (χ2v) is 7.78. The first-order valence-electron chi connectivity index (χ1n) is 7.92. The van der Waals surface area contributed by atoms with Gasteiger partial charge >= 0.3 is 5.76 Å². The number of carbonyl (C=O) groups excluding carboxylic acids is 1. The van der Waals surface area contributed by atoms with Crippen LogP contribution in [0.1, 0.15) is 6.92 Å². The molecule has 0 aliphatic heterocycles. The van der Waals surface area contributed by atoms with Crippen molar-refractivity contribution in [3.05, 3.63) is 58.8 Å². The van der Waals surface area contributed by atoms with E-state index < -0.39 is 39.2 Å². The van der Waals surface area contributed by atoms with Crippen LogP contribution < -0.4 is 15.8 Å². The number of oxazole rings is 1. The molecule has 3 aromatic rings. The number of H-pyrrole nitrogens is 1. The lowest BCUT2D eigenvalue weighted by Crippen LogP contribution is -2.29. The van der Waals surface area contributed by atoms with Crippen LogP contribution in [0.25, 0.3) is 11.1 Å². The van der Waals surface area contributed by atoms with Crippen LogP contribution in [0.15, 0.2) is 51.7 Å². The zero-order valence-electron chi connectivity index (χ0n) is 14.2. The number of fused-ring (bicyclic) bond motifs is 1. The first-order chi connectivity index (χ1) is 12.7. The summed E-state index contributed by atoms with van der Waals surface area (Å²) < 4.78 is 44.6. The van der Waals surface area contributed by atoms with E-state index in [0.717, 1.165) is 6.07 Å². The maximum absolute atomic E-state index is 13.2. The van der Waals surface area contributed by atoms with Gasteiger partial charge in [-0.2, -0.15) is 0 Å². The number of hydrogen-bond donors (Lipinski definition) is 3. The van der Waals surface area contributed by atoms with Crippen molar-refractivity contribution in [3.63, 3.8) is 0 Å². The Balaban J connectivity index is 1.66. The Morgan fingerprint density at radius 2 is 2.00 bits per heavy atom. The van der Waals surface area contributed by atoms with Crippen molar-refractivity contribution < 1.29 is 22.0 Å². The van der Waals surface area contributed by atoms with Gasteiger partial charge in [0.2, 0.25) is 15.9 Å². The maximum atomic E-state index is 13.2. The SMILES string of the molecule is CC(CS(=O)(=O)Nc1cccc(F)c1)C(=O)Nc1ccc2oc(=O)[nH]c2c1. The lowest BCUT2D eigenvalue weighted by Gasteiger charge is -2.14. The number of amides is 1. The number of nitrogens with one attached hydrogen (secondary N) is 3. The van der Waals surface area contributed by atoms with Crippen LogP contribution in [0.4, 0.5) is 15.8 Å². The van der Waals surface area contributed by atoms with Gasteiger partial charge in [-0.15, -0.1) is 0 Å². The van der Waals surface area contributed by atoms with Crippen LogP contribution in [0.5, 0.6) is 0 Å². The van der Waals surface area contributed by atoms with Gasteiger partial charge in [0.05, 0.1) is 22.9 Å². The molecule has 0 saturated heterocycles. The molecule has 10 heteroatoms. The molecule has 0 spiro atoms. The molecule has 0 bridgehead atoms. The molecule has 3 rings (SSSR count). The predicted molar refractivity (Wildman–Crippen MR) is 98.4 cm³/mol. The molecule has 27 heavy (non-hydrogen) atoms. The van der Waals surface area contributed by atoms with Gasteiger partial charge in [-0.1, -0.05) is 13.0 Å². The number of rotatable bonds is 6. The van der Waals surface area contributed by atoms with Gasteiger partial charge in [0.25, 0.3) is 0 Å². The zero-order valence-corrected chi connectivity index (χ0v) is 15.0. The molecule has 3 N–H and O–H groups in total. The lowest BCUT2D eigenvalue weighted by molar-refractivity contribution is -0.118. The summed E-state index contributed by atoms with van der Waals surface area (Å²) in [7, 11) is -3.86. The Bertz CT molecular complexity index is 1150. The van der Waals surface area contributed by atoms with Gasteiger partial charge in [-0.25, -0.2) is 17.6 Å². The summed E-state index contributed by atoms with van der Waals surface area (Å²) in [6, 6.07) is 9.57. The number of benzene rings is 2. The van der Waals surface area contributed by atoms with Crippen LogP contribution in [0.3, 0.4) is 0 Å². The second kappa shape index (κ2) is 7.23. The normalized spacial score (nSPS) is 12.7. The van der Waals surface area contributed by atoms with Gasteiger partial charge in [0.1, 0.15) is 5.82 Å². The Hall–Kier alpha value is -3.14. The maximum Gasteiger partial charge on any atom is 0.417 e. The van der Waals surface area contributed by atoms with E-state index in [1.165, 1.54) is 43.3 Å². The number of hydrogen-bond acceptors (Lipinski definition) is 5. The van der Waals surface area contributed by atoms with Crippen LogP contribution in [-0.4, -0.2) is 25.1 Å². The van der Waals surface area contributed by atoms with Crippen molar-refractivity contribution >= 4 is 38.4 Å². The summed E-state index contributed by atoms with van der Waals surface area (Å²) in [4.78, 5) is 25.9. The fourth-order valence-corrected chi connectivity index (χ4v) is 3.85. The van der Waals surface area contributed by atoms with Gasteiger partial charge in [-0.3, -0.25) is 14.5 Å². The first kappa shape index (κ1) is 18.6. The van der Waals surface area contributed by atoms with Crippen molar-refractivity contribution in [1.29, 1.82) is 0 Å². The van der Waals surface area contributed by atoms with E-state index >= 15 is 0 Å². The van der Waals surface area contributed by atoms with E-state index in [4.69, 9.17) is 4.42 Å². The number of anilines is 2. The summed E-state index contributed by atoms with van der Waals surface area (Å²) in [6.45, 7) is 1.46. The molecule has 1 amide bonds. The van der Waals surface area contributed by atoms with Crippen molar-refractivity contribution in [1.82, 2.24) is 4.98 Å². The standard InChI is InChI=1S/C17H16FN3O5S/c1-10(9-27(24,25)21-13-4-2-3-11(18)7-13)16(22)19-12-5-6-15-14(8-12)20-17(23)26-15/h2-8,10,21H,9H2,1H3,(H,19,22)(H,20,23). The summed E-state index contributed by atoms with van der Waals surface area (Å²) >= 11 is 0. The summed E-state index contributed by atoms with van der Waals surface area (Å²) in [5.41, 5.74) is 1.21. The molecular weight excluding hydrogens is 377 g/mol. The number of halogens is 1. The van der Waals surface area contributed by atoms with E-state index in [1.54, 1.807) is 0 Å². The summed E-state index contributed by atoms with van der Waals surface area (Å²) in [6.07, 6.45) is 0. The molecule has 0 fully saturated rings. The molecule has 0 saturated carbocycles. The fourth-order valence-electron chi connectivity index (χ4n) is 2.47. The molecule has 1 atom stereocenters. The van der Waals surface area contributed by atoms with Gasteiger partial charge in [0.15, 0.2) is 5.58 Å². The monoisotopic (exact) mass is 393 g/mol. The number of aromatic amines is 1. The summed E-state index contributed by atoms with van der Waals surface area (Å²) in [5.74, 6) is -3.08. The quantitative estimate of drug-likeness (QED) is 0.593. The van der Waals surface area contributed by atoms with Crippen molar-refractivity contribution in [3.8, 4) is 0 Å². The summed E-state index contributed by atoms with van der Waals surface area (Å²) in [5, 5.41) is 2.58. The number of sulfonamides is 1. The first-order valence-corrected chi connectivity index (χ1v) is 9.57. The molecule has 1 aromatic heterocycles. The predicted octanol–water partition coefficient (Wildman–Crippen LogP) is 2.28. The third kappa shape index (κ3) is 4.73. The van der Waals surface area contributed by atoms with Crippen molar-refractivity contribution in [2.75, 3.05) is 15.8 Å². The van der Waals surface area contributed by atoms with Crippen molar-refractivity contribution in [2.45, 2.75) is 6.92 Å². The molecule has 8 nitrogen and oxygen atoms in total. The molecule has 0 aliphatic carbocycles. The Kier molecular flexibility index (Phi) is 5.00. The van der Waals surface area contributed by atoms with Crippen LogP contribution in [-0.2, 0) is 14.8 Å². The minimum atomic E-state index is -3.86. The van der Waals surface area contributed by atoms with Gasteiger partial charge in [-0.05, 0) is 36.4 Å². The largest absolute Gasteiger partial charge is 0.417 e. The molecular formula is C17H16FN3O5S. The molecule has 0 aliphatic rings. The minimum Gasteiger partial charge on any atom is -0.408 e. The van der Waals surface area contributed by atoms with Gasteiger partial charge in [0, 0.05) is 5.69 Å². The highest BCUT2D eigenvalue weighted by Crippen LogP contribution is 2.18. The molecule has 1 unspecified atom stereocenters. The third-order valence-corrected chi connectivity index (χ3v) is 5.19. The smallest absolute Gasteiger partial charge is 0.408 e. The van der Waals surface area contributed by atoms with E-state index in [9.17, 15) is 22.4 Å². The van der Waals surface area contributed by atoms with Crippen LogP contribution in [0.2, 0.25) is 0 Å². The van der Waals surface area contributed by atoms with Crippen molar-refractivity contribution in [2.24, 2.45) is 5.92 Å². The Morgan fingerprint density at radius 1 is 1.22 bits per heavy atom. The molecule has 2 aromatic carbocycles. The number of carbonyl (C=O) groups is 1. The van der Waals surface area contributed by atoms with Gasteiger partial charge < -0.3 is 9.73 Å². The highest BCUT2D eigenvalue weighted by atomic mass is 32.2. The average Bonchev–Trinajstić information content (AvgIpc) is 2.93. The zero-order chi connectivity index (χ0) is 19.6. The average molecular weight is 393 g/mol. The molecule has 142 valence electrons. The highest BCUT2D eigenvalue weighted by molar-refractivity contribution is 7.92. The van der Waals surface area contributed by atoms with E-state index in [2.05, 4.69) is 15.0 Å².